The van der Waals surface area contributed by atoms with Crippen LogP contribution < -0.4 is 4.90 Å². The molecule has 1 aromatic heterocycles. The Labute approximate surface area is 157 Å². The highest BCUT2D eigenvalue weighted by Crippen LogP contribution is 2.35. The summed E-state index contributed by atoms with van der Waals surface area (Å²) < 4.78 is 39.6. The van der Waals surface area contributed by atoms with Gasteiger partial charge in [-0.15, -0.1) is 0 Å². The van der Waals surface area contributed by atoms with Gasteiger partial charge in [0.25, 0.3) is 5.91 Å². The van der Waals surface area contributed by atoms with Crippen LogP contribution in [0.4, 0.5) is 18.9 Å². The molecule has 3 rings (SSSR count). The van der Waals surface area contributed by atoms with Crippen LogP contribution in [0.15, 0.2) is 35.0 Å². The number of rotatable bonds is 3. The molecule has 0 radical (unpaired) electrons. The lowest BCUT2D eigenvalue weighted by molar-refractivity contribution is -0.137. The predicted octanol–water partition coefficient (Wildman–Crippen LogP) is 2.96. The molecule has 1 unspecified atom stereocenters. The van der Waals surface area contributed by atoms with E-state index in [0.717, 1.165) is 12.1 Å². The Kier molecular flexibility index (Phi) is 5.39. The molecule has 27 heavy (non-hydrogen) atoms. The second-order valence-corrected chi connectivity index (χ2v) is 6.91. The lowest BCUT2D eigenvalue weighted by Gasteiger charge is -2.41. The number of aliphatic hydroxyl groups excluding tert-OH is 1. The number of amides is 1. The zero-order chi connectivity index (χ0) is 19.6. The number of carbonyl (C=O) groups is 1. The second-order valence-electron chi connectivity index (χ2n) is 6.13. The molecule has 1 aromatic carbocycles. The summed E-state index contributed by atoms with van der Waals surface area (Å²) in [5.74, 6) is -0.203. The van der Waals surface area contributed by atoms with Crippen molar-refractivity contribution in [3.8, 4) is 6.07 Å². The Balaban J connectivity index is 1.83. The molecule has 1 fully saturated rings. The molecular weight excluding hydrogens is 379 g/mol. The first kappa shape index (κ1) is 19.2. The summed E-state index contributed by atoms with van der Waals surface area (Å²) in [6.45, 7) is 0.515. The molecule has 1 N–H and O–H groups in total. The average molecular weight is 395 g/mol. The quantitative estimate of drug-likeness (QED) is 0.868. The van der Waals surface area contributed by atoms with Gasteiger partial charge in [-0.05, 0) is 29.6 Å². The number of nitrogens with zero attached hydrogens (tertiary/aromatic N) is 3. The lowest BCUT2D eigenvalue weighted by Crippen LogP contribution is -2.56. The van der Waals surface area contributed by atoms with Crippen molar-refractivity contribution >= 4 is 22.9 Å². The molecule has 9 heteroatoms. The smallest absolute Gasteiger partial charge is 0.394 e. The summed E-state index contributed by atoms with van der Waals surface area (Å²) in [6, 6.07) is 6.28. The highest BCUT2D eigenvalue weighted by atomic mass is 32.1. The Hall–Kier alpha value is -2.57. The van der Waals surface area contributed by atoms with Gasteiger partial charge < -0.3 is 14.9 Å². The van der Waals surface area contributed by atoms with E-state index >= 15 is 0 Å². The zero-order valence-corrected chi connectivity index (χ0v) is 14.9. The Bertz CT molecular complexity index is 862. The molecule has 1 aliphatic rings. The van der Waals surface area contributed by atoms with Crippen LogP contribution in [0.25, 0.3) is 0 Å². The molecule has 2 aromatic rings. The maximum Gasteiger partial charge on any atom is 0.417 e. The number of halogens is 3. The molecule has 1 atom stereocenters. The average Bonchev–Trinajstić information content (AvgIpc) is 3.20. The first-order valence-corrected chi connectivity index (χ1v) is 9.09. The van der Waals surface area contributed by atoms with Gasteiger partial charge in [0.15, 0.2) is 0 Å². The largest absolute Gasteiger partial charge is 0.417 e. The van der Waals surface area contributed by atoms with Crippen LogP contribution in [0.5, 0.6) is 0 Å². The Morgan fingerprint density at radius 1 is 1.33 bits per heavy atom. The fraction of sp³-hybridized carbons (Fsp3) is 0.333. The number of nitriles is 1. The van der Waals surface area contributed by atoms with Crippen LogP contribution >= 0.6 is 11.3 Å². The van der Waals surface area contributed by atoms with Crippen molar-refractivity contribution in [1.29, 1.82) is 5.26 Å². The van der Waals surface area contributed by atoms with Crippen molar-refractivity contribution < 1.29 is 23.1 Å². The van der Waals surface area contributed by atoms with Gasteiger partial charge in [-0.2, -0.15) is 29.8 Å². The van der Waals surface area contributed by atoms with E-state index in [1.165, 1.54) is 17.4 Å². The predicted molar refractivity (Wildman–Crippen MR) is 94.6 cm³/mol. The SMILES string of the molecule is N#Cc1ccc(N2CCN(C(=O)c3ccsc3)C(CO)C2)cc1C(F)(F)F. The van der Waals surface area contributed by atoms with Crippen LogP contribution in [-0.4, -0.2) is 48.2 Å². The van der Waals surface area contributed by atoms with E-state index in [2.05, 4.69) is 0 Å². The Morgan fingerprint density at radius 2 is 2.11 bits per heavy atom. The minimum absolute atomic E-state index is 0.203. The summed E-state index contributed by atoms with van der Waals surface area (Å²) in [6.07, 6.45) is -4.63. The maximum atomic E-state index is 13.2. The van der Waals surface area contributed by atoms with E-state index in [9.17, 15) is 23.1 Å². The van der Waals surface area contributed by atoms with E-state index in [-0.39, 0.29) is 25.6 Å². The highest BCUT2D eigenvalue weighted by Gasteiger charge is 2.35. The highest BCUT2D eigenvalue weighted by molar-refractivity contribution is 7.08. The standard InChI is InChI=1S/C18H16F3N3O2S/c19-18(20,21)16-7-14(2-1-12(16)8-22)23-4-5-24(15(9-23)10-25)17(26)13-3-6-27-11-13/h1-3,6-7,11,15,25H,4-5,9-10H2. The molecule has 1 aliphatic heterocycles. The van der Waals surface area contributed by atoms with Gasteiger partial charge in [0.1, 0.15) is 0 Å². The van der Waals surface area contributed by atoms with Crippen molar-refractivity contribution in [1.82, 2.24) is 4.90 Å². The molecule has 2 heterocycles. The van der Waals surface area contributed by atoms with Crippen molar-refractivity contribution in [2.45, 2.75) is 12.2 Å². The third-order valence-corrected chi connectivity index (χ3v) is 5.20. The molecule has 0 saturated carbocycles. The van der Waals surface area contributed by atoms with Crippen molar-refractivity contribution in [3.63, 3.8) is 0 Å². The van der Waals surface area contributed by atoms with Gasteiger partial charge in [-0.1, -0.05) is 0 Å². The first-order chi connectivity index (χ1) is 12.8. The third kappa shape index (κ3) is 3.91. The minimum Gasteiger partial charge on any atom is -0.394 e. The first-order valence-electron chi connectivity index (χ1n) is 8.15. The van der Waals surface area contributed by atoms with Gasteiger partial charge in [0.05, 0.1) is 35.4 Å². The monoisotopic (exact) mass is 395 g/mol. The van der Waals surface area contributed by atoms with Crippen LogP contribution in [0, 0.1) is 11.3 Å². The zero-order valence-electron chi connectivity index (χ0n) is 14.1. The molecule has 1 saturated heterocycles. The van der Waals surface area contributed by atoms with E-state index in [4.69, 9.17) is 5.26 Å². The summed E-state index contributed by atoms with van der Waals surface area (Å²) >= 11 is 1.39. The van der Waals surface area contributed by atoms with Gasteiger partial charge in [-0.25, -0.2) is 0 Å². The fourth-order valence-corrected chi connectivity index (χ4v) is 3.76. The number of piperazine rings is 1. The number of carbonyl (C=O) groups excluding carboxylic acids is 1. The second kappa shape index (κ2) is 7.58. The molecule has 1 amide bonds. The van der Waals surface area contributed by atoms with Crippen LogP contribution in [0.3, 0.4) is 0 Å². The number of benzene rings is 1. The molecule has 0 spiro atoms. The number of thiophene rings is 1. The van der Waals surface area contributed by atoms with Gasteiger partial charge in [-0.3, -0.25) is 4.79 Å². The maximum absolute atomic E-state index is 13.2. The van der Waals surface area contributed by atoms with Crippen molar-refractivity contribution in [2.75, 3.05) is 31.1 Å². The van der Waals surface area contributed by atoms with Crippen LogP contribution in [-0.2, 0) is 6.18 Å². The van der Waals surface area contributed by atoms with Crippen molar-refractivity contribution in [2.24, 2.45) is 0 Å². The normalized spacial score (nSPS) is 17.7. The summed E-state index contributed by atoms with van der Waals surface area (Å²) in [5.41, 5.74) is -0.580. The topological polar surface area (TPSA) is 67.6 Å². The number of anilines is 1. The van der Waals surface area contributed by atoms with Gasteiger partial charge >= 0.3 is 6.18 Å². The Morgan fingerprint density at radius 3 is 2.70 bits per heavy atom. The van der Waals surface area contributed by atoms with Crippen LogP contribution in [0.1, 0.15) is 21.5 Å². The molecule has 5 nitrogen and oxygen atoms in total. The van der Waals surface area contributed by atoms with Gasteiger partial charge in [0.2, 0.25) is 0 Å². The number of hydrogen-bond donors (Lipinski definition) is 1. The summed E-state index contributed by atoms with van der Waals surface area (Å²) in [7, 11) is 0. The third-order valence-electron chi connectivity index (χ3n) is 4.52. The van der Waals surface area contributed by atoms with Crippen molar-refractivity contribution in [3.05, 3.63) is 51.7 Å². The molecule has 0 aliphatic carbocycles. The number of alkyl halides is 3. The summed E-state index contributed by atoms with van der Waals surface area (Å²) in [5, 5.41) is 22.1. The molecule has 0 bridgehead atoms. The number of hydrogen-bond acceptors (Lipinski definition) is 5. The van der Waals surface area contributed by atoms with Gasteiger partial charge in [0, 0.05) is 30.7 Å². The summed E-state index contributed by atoms with van der Waals surface area (Å²) in [4.78, 5) is 15.8. The number of aliphatic hydroxyl groups is 1. The van der Waals surface area contributed by atoms with E-state index < -0.39 is 23.3 Å². The lowest BCUT2D eigenvalue weighted by atomic mass is 10.0. The fourth-order valence-electron chi connectivity index (χ4n) is 3.13. The van der Waals surface area contributed by atoms with E-state index in [0.29, 0.717) is 17.8 Å². The molecular formula is C18H16F3N3O2S. The van der Waals surface area contributed by atoms with E-state index in [1.54, 1.807) is 32.7 Å². The van der Waals surface area contributed by atoms with E-state index in [1.807, 2.05) is 0 Å². The van der Waals surface area contributed by atoms with Crippen LogP contribution in [0.2, 0.25) is 0 Å². The minimum atomic E-state index is -4.63. The molecule has 142 valence electrons.